The smallest absolute Gasteiger partial charge is 0.308 e. The number of nitrogens with zero attached hydrogens (tertiary/aromatic N) is 1. The Morgan fingerprint density at radius 3 is 2.44 bits per heavy atom. The summed E-state index contributed by atoms with van der Waals surface area (Å²) in [7, 11) is 4.23. The number of benzene rings is 1. The highest BCUT2D eigenvalue weighted by Crippen LogP contribution is 2.17. The molecule has 0 aromatic heterocycles. The number of ether oxygens (including phenoxy) is 1. The van der Waals surface area contributed by atoms with Gasteiger partial charge in [0.15, 0.2) is 0 Å². The molecule has 0 N–H and O–H groups in total. The van der Waals surface area contributed by atoms with Crippen LogP contribution in [0.15, 0.2) is 30.3 Å². The van der Waals surface area contributed by atoms with Crippen molar-refractivity contribution in [3.8, 4) is 0 Å². The Morgan fingerprint density at radius 2 is 1.89 bits per heavy atom. The predicted molar refractivity (Wildman–Crippen MR) is 75.4 cm³/mol. The number of hydrogen-bond acceptors (Lipinski definition) is 2. The van der Waals surface area contributed by atoms with Crippen molar-refractivity contribution in [3.05, 3.63) is 30.3 Å². The summed E-state index contributed by atoms with van der Waals surface area (Å²) < 4.78 is 6.01. The Balaban J connectivity index is 2.46. The molecule has 0 radical (unpaired) electrons. The van der Waals surface area contributed by atoms with E-state index >= 15 is 0 Å². The number of likely N-dealkylation sites (N-methyl/N-ethyl adjacent to an activating group) is 1. The van der Waals surface area contributed by atoms with E-state index in [4.69, 9.17) is 4.74 Å². The second kappa shape index (κ2) is 6.55. The zero-order valence-corrected chi connectivity index (χ0v) is 11.8. The average molecular weight is 250 g/mol. The quantitative estimate of drug-likeness (QED) is 0.573. The Morgan fingerprint density at radius 1 is 1.28 bits per heavy atom. The van der Waals surface area contributed by atoms with Crippen LogP contribution in [-0.4, -0.2) is 33.2 Å². The maximum absolute atomic E-state index is 11.6. The van der Waals surface area contributed by atoms with Gasteiger partial charge in [0.1, 0.15) is 18.8 Å². The molecule has 3 heteroatoms. The molecule has 0 heterocycles. The molecule has 1 rings (SSSR count). The molecule has 0 fully saturated rings. The van der Waals surface area contributed by atoms with Crippen molar-refractivity contribution in [3.63, 3.8) is 0 Å². The van der Waals surface area contributed by atoms with Gasteiger partial charge in [-0.3, -0.25) is 9.28 Å². The second-order valence-corrected chi connectivity index (χ2v) is 5.22. The molecule has 100 valence electrons. The lowest BCUT2D eigenvalue weighted by Crippen LogP contribution is -2.43. The van der Waals surface area contributed by atoms with Gasteiger partial charge in [-0.15, -0.1) is 0 Å². The molecule has 1 unspecified atom stereocenters. The number of esters is 1. The zero-order chi connectivity index (χ0) is 13.6. The SMILES string of the molecule is CCC(C)C(=O)OCC[N+](C)(C)c1ccccc1. The van der Waals surface area contributed by atoms with Crippen LogP contribution in [0.4, 0.5) is 5.69 Å². The van der Waals surface area contributed by atoms with E-state index in [-0.39, 0.29) is 11.9 Å². The molecule has 0 spiro atoms. The van der Waals surface area contributed by atoms with Crippen molar-refractivity contribution in [2.45, 2.75) is 20.3 Å². The Kier molecular flexibility index (Phi) is 5.35. The lowest BCUT2D eigenvalue weighted by molar-refractivity contribution is -0.148. The maximum Gasteiger partial charge on any atom is 0.308 e. The summed E-state index contributed by atoms with van der Waals surface area (Å²) in [6.45, 7) is 5.15. The van der Waals surface area contributed by atoms with Crippen LogP contribution in [0.1, 0.15) is 20.3 Å². The summed E-state index contributed by atoms with van der Waals surface area (Å²) in [5.41, 5.74) is 1.22. The van der Waals surface area contributed by atoms with E-state index in [0.29, 0.717) is 11.1 Å². The summed E-state index contributed by atoms with van der Waals surface area (Å²) in [5, 5.41) is 0. The molecule has 0 amide bonds. The van der Waals surface area contributed by atoms with Gasteiger partial charge in [-0.05, 0) is 18.6 Å². The van der Waals surface area contributed by atoms with Crippen LogP contribution in [0.3, 0.4) is 0 Å². The van der Waals surface area contributed by atoms with Crippen molar-refractivity contribution < 1.29 is 9.53 Å². The maximum atomic E-state index is 11.6. The summed E-state index contributed by atoms with van der Waals surface area (Å²) in [4.78, 5) is 11.6. The molecule has 0 bridgehead atoms. The van der Waals surface area contributed by atoms with Gasteiger partial charge in [0.05, 0.1) is 20.0 Å². The molecule has 0 aliphatic rings. The van der Waals surface area contributed by atoms with Gasteiger partial charge >= 0.3 is 5.97 Å². The highest BCUT2D eigenvalue weighted by atomic mass is 16.5. The molecular weight excluding hydrogens is 226 g/mol. The Hall–Kier alpha value is -1.35. The van der Waals surface area contributed by atoms with Gasteiger partial charge in [-0.2, -0.15) is 0 Å². The topological polar surface area (TPSA) is 26.3 Å². The lowest BCUT2D eigenvalue weighted by Gasteiger charge is -2.29. The van der Waals surface area contributed by atoms with Crippen LogP contribution in [0.5, 0.6) is 0 Å². The van der Waals surface area contributed by atoms with E-state index < -0.39 is 0 Å². The largest absolute Gasteiger partial charge is 0.459 e. The molecule has 3 nitrogen and oxygen atoms in total. The van der Waals surface area contributed by atoms with Crippen LogP contribution < -0.4 is 4.48 Å². The first-order valence-corrected chi connectivity index (χ1v) is 6.52. The van der Waals surface area contributed by atoms with Gasteiger partial charge in [-0.1, -0.05) is 32.0 Å². The number of quaternary nitrogens is 1. The fraction of sp³-hybridized carbons (Fsp3) is 0.533. The zero-order valence-electron chi connectivity index (χ0n) is 11.8. The highest BCUT2D eigenvalue weighted by Gasteiger charge is 2.20. The predicted octanol–water partition coefficient (Wildman–Crippen LogP) is 2.84. The minimum atomic E-state index is -0.0921. The normalized spacial score (nSPS) is 13.1. The third-order valence-electron chi connectivity index (χ3n) is 3.36. The second-order valence-electron chi connectivity index (χ2n) is 5.22. The molecule has 1 aromatic rings. The molecule has 18 heavy (non-hydrogen) atoms. The summed E-state index contributed by atoms with van der Waals surface area (Å²) in [6.07, 6.45) is 0.829. The Bertz CT molecular complexity index is 373. The van der Waals surface area contributed by atoms with E-state index in [9.17, 15) is 4.79 Å². The number of rotatable bonds is 6. The number of para-hydroxylation sites is 1. The van der Waals surface area contributed by atoms with E-state index in [1.807, 2.05) is 32.0 Å². The molecule has 0 saturated heterocycles. The van der Waals surface area contributed by atoms with Crippen LogP contribution in [0.25, 0.3) is 0 Å². The van der Waals surface area contributed by atoms with Crippen molar-refractivity contribution in [1.82, 2.24) is 4.48 Å². The number of hydrogen-bond donors (Lipinski definition) is 0. The van der Waals surface area contributed by atoms with Gasteiger partial charge in [0.25, 0.3) is 0 Å². The summed E-state index contributed by atoms with van der Waals surface area (Å²) in [5.74, 6) is -0.0945. The highest BCUT2D eigenvalue weighted by molar-refractivity contribution is 5.71. The fourth-order valence-electron chi connectivity index (χ4n) is 1.64. The first kappa shape index (κ1) is 14.7. The van der Waals surface area contributed by atoms with E-state index in [0.717, 1.165) is 13.0 Å². The van der Waals surface area contributed by atoms with E-state index in [1.165, 1.54) is 5.69 Å². The molecule has 1 aromatic carbocycles. The molecular formula is C15H24NO2+. The van der Waals surface area contributed by atoms with Crippen LogP contribution in [0.2, 0.25) is 0 Å². The van der Waals surface area contributed by atoms with Gasteiger partial charge < -0.3 is 4.74 Å². The Labute approximate surface area is 110 Å². The van der Waals surface area contributed by atoms with Crippen LogP contribution in [-0.2, 0) is 9.53 Å². The molecule has 0 aliphatic carbocycles. The van der Waals surface area contributed by atoms with E-state index in [2.05, 4.69) is 26.2 Å². The molecule has 0 saturated carbocycles. The summed E-state index contributed by atoms with van der Waals surface area (Å²) >= 11 is 0. The first-order chi connectivity index (χ1) is 8.47. The van der Waals surface area contributed by atoms with Gasteiger partial charge in [-0.25, -0.2) is 0 Å². The van der Waals surface area contributed by atoms with Crippen molar-refractivity contribution >= 4 is 11.7 Å². The summed E-state index contributed by atoms with van der Waals surface area (Å²) in [6, 6.07) is 10.3. The van der Waals surface area contributed by atoms with Crippen LogP contribution in [0, 0.1) is 5.92 Å². The third kappa shape index (κ3) is 4.15. The van der Waals surface area contributed by atoms with E-state index in [1.54, 1.807) is 0 Å². The minimum absolute atomic E-state index is 0.00247. The van der Waals surface area contributed by atoms with Crippen molar-refractivity contribution in [2.75, 3.05) is 27.2 Å². The van der Waals surface area contributed by atoms with Gasteiger partial charge in [0, 0.05) is 0 Å². The number of carbonyl (C=O) groups excluding carboxylic acids is 1. The van der Waals surface area contributed by atoms with Crippen molar-refractivity contribution in [1.29, 1.82) is 0 Å². The third-order valence-corrected chi connectivity index (χ3v) is 3.36. The van der Waals surface area contributed by atoms with Gasteiger partial charge in [0.2, 0.25) is 0 Å². The molecule has 0 aliphatic heterocycles. The first-order valence-electron chi connectivity index (χ1n) is 6.52. The molecule has 1 atom stereocenters. The number of carbonyl (C=O) groups is 1. The fourth-order valence-corrected chi connectivity index (χ4v) is 1.64. The minimum Gasteiger partial charge on any atom is -0.459 e. The van der Waals surface area contributed by atoms with Crippen molar-refractivity contribution in [2.24, 2.45) is 5.92 Å². The lowest BCUT2D eigenvalue weighted by atomic mass is 10.1. The monoisotopic (exact) mass is 250 g/mol. The average Bonchev–Trinajstić information content (AvgIpc) is 2.38. The van der Waals surface area contributed by atoms with Crippen LogP contribution >= 0.6 is 0 Å². The standard InChI is InChI=1S/C15H24NO2/c1-5-13(2)15(17)18-12-11-16(3,4)14-9-7-6-8-10-14/h6-10,13H,5,11-12H2,1-4H3/q+1.